The van der Waals surface area contributed by atoms with E-state index in [4.69, 9.17) is 0 Å². The Morgan fingerprint density at radius 3 is 2.58 bits per heavy atom. The molecule has 0 bridgehead atoms. The lowest BCUT2D eigenvalue weighted by atomic mass is 10.1. The van der Waals surface area contributed by atoms with Crippen LogP contribution in [0.3, 0.4) is 0 Å². The molecule has 0 N–H and O–H groups in total. The fourth-order valence-corrected chi connectivity index (χ4v) is 2.10. The molecule has 0 saturated carbocycles. The minimum atomic E-state index is 0.981. The Morgan fingerprint density at radius 2 is 1.74 bits per heavy atom. The van der Waals surface area contributed by atoms with Crippen LogP contribution in [0.5, 0.6) is 0 Å². The molecule has 1 aromatic carbocycles. The van der Waals surface area contributed by atoms with E-state index < -0.39 is 0 Å². The Morgan fingerprint density at radius 1 is 0.842 bits per heavy atom. The molecule has 0 unspecified atom stereocenters. The maximum atomic E-state index is 4.68. The van der Waals surface area contributed by atoms with Gasteiger partial charge in [0.2, 0.25) is 0 Å². The summed E-state index contributed by atoms with van der Waals surface area (Å²) in [6, 6.07) is 16.6. The summed E-state index contributed by atoms with van der Waals surface area (Å²) < 4.78 is 2.08. The van der Waals surface area contributed by atoms with E-state index in [0.717, 1.165) is 16.6 Å². The molecule has 0 atom stereocenters. The zero-order valence-corrected chi connectivity index (χ0v) is 11.2. The van der Waals surface area contributed by atoms with Crippen molar-refractivity contribution in [1.82, 2.24) is 4.40 Å². The number of rotatable bonds is 1. The fourth-order valence-electron chi connectivity index (χ4n) is 2.10. The highest BCUT2D eigenvalue weighted by Gasteiger charge is 1.95. The van der Waals surface area contributed by atoms with Gasteiger partial charge in [-0.3, -0.25) is 0 Å². The van der Waals surface area contributed by atoms with E-state index in [1.54, 1.807) is 0 Å². The van der Waals surface area contributed by atoms with Gasteiger partial charge in [-0.15, -0.1) is 0 Å². The first-order valence-corrected chi connectivity index (χ1v) is 6.41. The molecular weight excluding hydrogens is 232 g/mol. The minimum Gasteiger partial charge on any atom is -0.324 e. The van der Waals surface area contributed by atoms with Gasteiger partial charge in [0.15, 0.2) is 0 Å². The summed E-state index contributed by atoms with van der Waals surface area (Å²) >= 11 is 0. The molecule has 2 aromatic heterocycles. The highest BCUT2D eigenvalue weighted by atomic mass is 14.8. The van der Waals surface area contributed by atoms with Crippen LogP contribution >= 0.6 is 0 Å². The number of pyridine rings is 2. The van der Waals surface area contributed by atoms with Crippen LogP contribution < -0.4 is 5.36 Å². The lowest BCUT2D eigenvalue weighted by Crippen LogP contribution is -2.01. The summed E-state index contributed by atoms with van der Waals surface area (Å²) in [4.78, 5) is 4.68. The molecule has 3 rings (SSSR count). The molecule has 2 nitrogen and oxygen atoms in total. The zero-order chi connectivity index (χ0) is 13.2. The summed E-state index contributed by atoms with van der Waals surface area (Å²) in [6.45, 7) is 4.23. The first-order valence-electron chi connectivity index (χ1n) is 6.41. The van der Waals surface area contributed by atoms with Crippen molar-refractivity contribution in [2.24, 2.45) is 4.99 Å². The molecule has 0 amide bonds. The van der Waals surface area contributed by atoms with Crippen LogP contribution in [0.4, 0.5) is 5.69 Å². The van der Waals surface area contributed by atoms with Crippen molar-refractivity contribution in [3.05, 3.63) is 77.4 Å². The number of aromatic nitrogens is 1. The normalized spacial score (nSPS) is 12.0. The van der Waals surface area contributed by atoms with Crippen LogP contribution in [-0.4, -0.2) is 4.40 Å². The first kappa shape index (κ1) is 11.7. The molecule has 0 aliphatic carbocycles. The van der Waals surface area contributed by atoms with E-state index in [1.807, 2.05) is 30.6 Å². The highest BCUT2D eigenvalue weighted by molar-refractivity contribution is 5.47. The Bertz CT molecular complexity index is 797. The molecule has 2 heterocycles. The van der Waals surface area contributed by atoms with E-state index >= 15 is 0 Å². The molecular formula is C17H16N2. The second-order valence-corrected chi connectivity index (χ2v) is 4.80. The second kappa shape index (κ2) is 4.73. The molecule has 0 radical (unpaired) electrons. The van der Waals surface area contributed by atoms with Crippen molar-refractivity contribution < 1.29 is 0 Å². The second-order valence-electron chi connectivity index (χ2n) is 4.80. The van der Waals surface area contributed by atoms with E-state index in [2.05, 4.69) is 53.6 Å². The predicted molar refractivity (Wildman–Crippen MR) is 78.5 cm³/mol. The van der Waals surface area contributed by atoms with Crippen LogP contribution in [0.15, 0.2) is 65.9 Å². The van der Waals surface area contributed by atoms with E-state index in [1.165, 1.54) is 11.1 Å². The maximum Gasteiger partial charge on any atom is 0.0672 e. The first-order chi connectivity index (χ1) is 9.22. The molecule has 94 valence electrons. The van der Waals surface area contributed by atoms with Crippen molar-refractivity contribution >= 4 is 11.2 Å². The monoisotopic (exact) mass is 248 g/mol. The van der Waals surface area contributed by atoms with Crippen LogP contribution in [0, 0.1) is 13.8 Å². The summed E-state index contributed by atoms with van der Waals surface area (Å²) in [5.41, 5.74) is 4.72. The Balaban J connectivity index is 2.12. The third-order valence-corrected chi connectivity index (χ3v) is 3.37. The van der Waals surface area contributed by atoms with Crippen LogP contribution in [0.1, 0.15) is 11.1 Å². The van der Waals surface area contributed by atoms with Gasteiger partial charge in [-0.2, -0.15) is 0 Å². The summed E-state index contributed by atoms with van der Waals surface area (Å²) in [5.74, 6) is 0. The SMILES string of the molecule is Cc1ccc(N=c2ccn3ccccc3c2)cc1C. The smallest absolute Gasteiger partial charge is 0.0672 e. The number of hydrogen-bond acceptors (Lipinski definition) is 1. The minimum absolute atomic E-state index is 0.981. The van der Waals surface area contributed by atoms with Crippen LogP contribution in [-0.2, 0) is 0 Å². The van der Waals surface area contributed by atoms with Crippen molar-refractivity contribution in [1.29, 1.82) is 0 Å². The van der Waals surface area contributed by atoms with Gasteiger partial charge in [-0.05, 0) is 61.4 Å². The van der Waals surface area contributed by atoms with Crippen molar-refractivity contribution in [3.8, 4) is 0 Å². The van der Waals surface area contributed by atoms with E-state index in [-0.39, 0.29) is 0 Å². The molecule has 0 aliphatic rings. The molecule has 0 fully saturated rings. The number of hydrogen-bond donors (Lipinski definition) is 0. The van der Waals surface area contributed by atoms with E-state index in [9.17, 15) is 0 Å². The van der Waals surface area contributed by atoms with Gasteiger partial charge in [0, 0.05) is 17.9 Å². The largest absolute Gasteiger partial charge is 0.324 e. The van der Waals surface area contributed by atoms with Gasteiger partial charge in [0.1, 0.15) is 0 Å². The Hall–Kier alpha value is -2.35. The number of nitrogens with zero attached hydrogens (tertiary/aromatic N) is 2. The van der Waals surface area contributed by atoms with Gasteiger partial charge < -0.3 is 4.40 Å². The summed E-state index contributed by atoms with van der Waals surface area (Å²) in [6.07, 6.45) is 4.07. The third-order valence-electron chi connectivity index (χ3n) is 3.37. The van der Waals surface area contributed by atoms with Crippen molar-refractivity contribution in [2.75, 3.05) is 0 Å². The van der Waals surface area contributed by atoms with Crippen molar-refractivity contribution in [2.45, 2.75) is 13.8 Å². The number of fused-ring (bicyclic) bond motifs is 1. The van der Waals surface area contributed by atoms with Gasteiger partial charge >= 0.3 is 0 Å². The quantitative estimate of drug-likeness (QED) is 0.623. The van der Waals surface area contributed by atoms with E-state index in [0.29, 0.717) is 0 Å². The average molecular weight is 248 g/mol. The topological polar surface area (TPSA) is 16.8 Å². The maximum absolute atomic E-state index is 4.68. The lowest BCUT2D eigenvalue weighted by Gasteiger charge is -2.02. The highest BCUT2D eigenvalue weighted by Crippen LogP contribution is 2.16. The van der Waals surface area contributed by atoms with Crippen LogP contribution in [0.25, 0.3) is 5.52 Å². The van der Waals surface area contributed by atoms with Crippen molar-refractivity contribution in [3.63, 3.8) is 0 Å². The molecule has 0 saturated heterocycles. The molecule has 2 heteroatoms. The van der Waals surface area contributed by atoms with Gasteiger partial charge in [0.25, 0.3) is 0 Å². The molecule has 0 aliphatic heterocycles. The molecule has 3 aromatic rings. The summed E-state index contributed by atoms with van der Waals surface area (Å²) in [5, 5.41) is 0.981. The molecule has 0 spiro atoms. The predicted octanol–water partition coefficient (Wildman–Crippen LogP) is 3.79. The zero-order valence-electron chi connectivity index (χ0n) is 11.2. The number of aryl methyl sites for hydroxylation is 2. The average Bonchev–Trinajstić information content (AvgIpc) is 2.43. The van der Waals surface area contributed by atoms with Gasteiger partial charge in [-0.1, -0.05) is 12.1 Å². The lowest BCUT2D eigenvalue weighted by molar-refractivity contribution is 1.14. The Labute approximate surface area is 112 Å². The summed E-state index contributed by atoms with van der Waals surface area (Å²) in [7, 11) is 0. The van der Waals surface area contributed by atoms with Crippen LogP contribution in [0.2, 0.25) is 0 Å². The Kier molecular flexibility index (Phi) is 2.92. The third kappa shape index (κ3) is 2.43. The fraction of sp³-hybridized carbons (Fsp3) is 0.118. The standard InChI is InChI=1S/C17H16N2/c1-13-6-7-15(11-14(13)2)18-16-8-10-19-9-4-3-5-17(19)12-16/h3-12H,1-2H3. The van der Waals surface area contributed by atoms with Gasteiger partial charge in [-0.25, -0.2) is 4.99 Å². The molecule has 19 heavy (non-hydrogen) atoms. The van der Waals surface area contributed by atoms with Gasteiger partial charge in [0.05, 0.1) is 11.0 Å². The number of benzene rings is 1.